The number of fused-ring (bicyclic) bond motifs is 4. The summed E-state index contributed by atoms with van der Waals surface area (Å²) in [5.74, 6) is 1.47. The normalized spacial score (nSPS) is 22.7. The summed E-state index contributed by atoms with van der Waals surface area (Å²) in [6.45, 7) is 0.839. The van der Waals surface area contributed by atoms with Crippen LogP contribution in [-0.2, 0) is 12.8 Å². The Kier molecular flexibility index (Phi) is 3.59. The fourth-order valence-electron chi connectivity index (χ4n) is 4.78. The van der Waals surface area contributed by atoms with E-state index in [4.69, 9.17) is 4.74 Å². The number of carbonyl (C=O) groups excluding carboxylic acids is 1. The number of methoxy groups -OCH3 is 1. The van der Waals surface area contributed by atoms with Crippen LogP contribution in [0.1, 0.15) is 45.8 Å². The number of carbonyl (C=O) groups is 1. The maximum absolute atomic E-state index is 13.3. The minimum Gasteiger partial charge on any atom is -0.497 e. The molecule has 0 N–H and O–H groups in total. The molecule has 1 saturated heterocycles. The van der Waals surface area contributed by atoms with Crippen molar-refractivity contribution in [2.75, 3.05) is 13.7 Å². The van der Waals surface area contributed by atoms with Crippen LogP contribution < -0.4 is 4.74 Å². The maximum Gasteiger partial charge on any atom is 0.254 e. The van der Waals surface area contributed by atoms with E-state index in [1.807, 2.05) is 30.5 Å². The van der Waals surface area contributed by atoms with Crippen LogP contribution in [0.4, 0.5) is 5.69 Å². The van der Waals surface area contributed by atoms with E-state index in [1.54, 1.807) is 7.11 Å². The molecule has 26 heavy (non-hydrogen) atoms. The SMILES string of the molecule is COc1ccc2c(c1)[C@H]1CCCN(C(=O)c3ccc4c(c3)N=CC4)[C@H]1C2. The van der Waals surface area contributed by atoms with Gasteiger partial charge in [-0.2, -0.15) is 0 Å². The highest BCUT2D eigenvalue weighted by Gasteiger charge is 2.41. The van der Waals surface area contributed by atoms with Gasteiger partial charge >= 0.3 is 0 Å². The summed E-state index contributed by atoms with van der Waals surface area (Å²) in [4.78, 5) is 19.8. The summed E-state index contributed by atoms with van der Waals surface area (Å²) in [6.07, 6.45) is 5.92. The van der Waals surface area contributed by atoms with E-state index in [9.17, 15) is 4.79 Å². The second kappa shape index (κ2) is 5.97. The van der Waals surface area contributed by atoms with Gasteiger partial charge in [0.1, 0.15) is 5.75 Å². The van der Waals surface area contributed by atoms with E-state index in [0.29, 0.717) is 5.92 Å². The standard InChI is InChI=1S/C22H22N2O2/c1-26-17-7-6-15-12-21-18(19(15)13-17)3-2-10-24(21)22(25)16-5-4-14-8-9-23-20(14)11-16/h4-7,9,11,13,18,21H,2-3,8,10,12H2,1H3/t18-,21+/m1/s1. The fraction of sp³-hybridized carbons (Fsp3) is 0.364. The molecule has 4 heteroatoms. The number of amides is 1. The second-order valence-corrected chi connectivity index (χ2v) is 7.44. The summed E-state index contributed by atoms with van der Waals surface area (Å²) in [5, 5.41) is 0. The Bertz CT molecular complexity index is 918. The van der Waals surface area contributed by atoms with Crippen LogP contribution in [0, 0.1) is 0 Å². The number of likely N-dealkylation sites (tertiary alicyclic amines) is 1. The third-order valence-electron chi connectivity index (χ3n) is 6.10. The molecule has 132 valence electrons. The van der Waals surface area contributed by atoms with Crippen molar-refractivity contribution in [3.8, 4) is 5.75 Å². The number of nitrogens with zero attached hydrogens (tertiary/aromatic N) is 2. The van der Waals surface area contributed by atoms with Gasteiger partial charge in [-0.25, -0.2) is 0 Å². The Hall–Kier alpha value is -2.62. The number of ether oxygens (including phenoxy) is 1. The smallest absolute Gasteiger partial charge is 0.254 e. The number of benzene rings is 2. The molecule has 2 heterocycles. The molecule has 0 saturated carbocycles. The third kappa shape index (κ3) is 2.36. The summed E-state index contributed by atoms with van der Waals surface area (Å²) in [6, 6.07) is 12.6. The minimum atomic E-state index is 0.143. The largest absolute Gasteiger partial charge is 0.497 e. The second-order valence-electron chi connectivity index (χ2n) is 7.44. The first-order chi connectivity index (χ1) is 12.7. The van der Waals surface area contributed by atoms with E-state index < -0.39 is 0 Å². The van der Waals surface area contributed by atoms with Crippen LogP contribution in [-0.4, -0.2) is 36.7 Å². The van der Waals surface area contributed by atoms with E-state index in [0.717, 1.165) is 49.2 Å². The molecule has 4 nitrogen and oxygen atoms in total. The molecule has 0 spiro atoms. The monoisotopic (exact) mass is 346 g/mol. The molecule has 0 bridgehead atoms. The molecular weight excluding hydrogens is 324 g/mol. The molecule has 5 rings (SSSR count). The molecule has 1 fully saturated rings. The molecule has 2 aliphatic heterocycles. The Morgan fingerprint density at radius 3 is 2.96 bits per heavy atom. The van der Waals surface area contributed by atoms with Crippen molar-refractivity contribution in [3.63, 3.8) is 0 Å². The summed E-state index contributed by atoms with van der Waals surface area (Å²) in [7, 11) is 1.71. The van der Waals surface area contributed by atoms with Crippen LogP contribution in [0.5, 0.6) is 5.75 Å². The Labute approximate surface area is 153 Å². The average molecular weight is 346 g/mol. The highest BCUT2D eigenvalue weighted by molar-refractivity contribution is 5.96. The number of aliphatic imine (C=N–C) groups is 1. The maximum atomic E-state index is 13.3. The van der Waals surface area contributed by atoms with Crippen LogP contribution in [0.15, 0.2) is 41.4 Å². The first kappa shape index (κ1) is 15.6. The number of hydrogen-bond acceptors (Lipinski definition) is 3. The van der Waals surface area contributed by atoms with E-state index in [2.05, 4.69) is 22.0 Å². The van der Waals surface area contributed by atoms with Crippen LogP contribution >= 0.6 is 0 Å². The summed E-state index contributed by atoms with van der Waals surface area (Å²) < 4.78 is 5.41. The van der Waals surface area contributed by atoms with E-state index in [1.165, 1.54) is 16.7 Å². The molecule has 2 aromatic rings. The number of hydrogen-bond donors (Lipinski definition) is 0. The van der Waals surface area contributed by atoms with Gasteiger partial charge in [0.2, 0.25) is 0 Å². The first-order valence-corrected chi connectivity index (χ1v) is 9.38. The molecule has 0 radical (unpaired) electrons. The quantitative estimate of drug-likeness (QED) is 0.828. The molecule has 1 amide bonds. The van der Waals surface area contributed by atoms with Gasteiger partial charge in [-0.15, -0.1) is 0 Å². The van der Waals surface area contributed by atoms with Crippen LogP contribution in [0.2, 0.25) is 0 Å². The van der Waals surface area contributed by atoms with Crippen molar-refractivity contribution in [3.05, 3.63) is 58.7 Å². The first-order valence-electron chi connectivity index (χ1n) is 9.38. The van der Waals surface area contributed by atoms with Crippen LogP contribution in [0.25, 0.3) is 0 Å². The highest BCUT2D eigenvalue weighted by atomic mass is 16.5. The van der Waals surface area contributed by atoms with Gasteiger partial charge in [-0.3, -0.25) is 9.79 Å². The number of piperidine rings is 1. The molecule has 2 atom stereocenters. The molecule has 2 aromatic carbocycles. The van der Waals surface area contributed by atoms with E-state index in [-0.39, 0.29) is 11.9 Å². The zero-order valence-electron chi connectivity index (χ0n) is 14.9. The zero-order valence-corrected chi connectivity index (χ0v) is 14.9. The van der Waals surface area contributed by atoms with Crippen molar-refractivity contribution >= 4 is 17.8 Å². The molecule has 0 aromatic heterocycles. The molecule has 3 aliphatic rings. The van der Waals surface area contributed by atoms with E-state index >= 15 is 0 Å². The minimum absolute atomic E-state index is 0.143. The lowest BCUT2D eigenvalue weighted by Gasteiger charge is -2.38. The van der Waals surface area contributed by atoms with Crippen LogP contribution in [0.3, 0.4) is 0 Å². The van der Waals surface area contributed by atoms with Crippen molar-refractivity contribution in [1.29, 1.82) is 0 Å². The Morgan fingerprint density at radius 2 is 2.08 bits per heavy atom. The zero-order chi connectivity index (χ0) is 17.7. The van der Waals surface area contributed by atoms with Crippen molar-refractivity contribution in [1.82, 2.24) is 4.90 Å². The van der Waals surface area contributed by atoms with Gasteiger partial charge in [-0.05, 0) is 60.2 Å². The predicted molar refractivity (Wildman–Crippen MR) is 102 cm³/mol. The van der Waals surface area contributed by atoms with Crippen molar-refractivity contribution < 1.29 is 9.53 Å². The lowest BCUT2D eigenvalue weighted by Crippen LogP contribution is -2.46. The number of rotatable bonds is 2. The average Bonchev–Trinajstić information content (AvgIpc) is 3.30. The van der Waals surface area contributed by atoms with Gasteiger partial charge in [-0.1, -0.05) is 12.1 Å². The highest BCUT2D eigenvalue weighted by Crippen LogP contribution is 2.44. The third-order valence-corrected chi connectivity index (χ3v) is 6.10. The molecule has 0 unspecified atom stereocenters. The van der Waals surface area contributed by atoms with Crippen molar-refractivity contribution in [2.24, 2.45) is 4.99 Å². The Balaban J connectivity index is 1.45. The Morgan fingerprint density at radius 1 is 1.19 bits per heavy atom. The fourth-order valence-corrected chi connectivity index (χ4v) is 4.78. The lowest BCUT2D eigenvalue weighted by molar-refractivity contribution is 0.0595. The topological polar surface area (TPSA) is 41.9 Å². The lowest BCUT2D eigenvalue weighted by atomic mass is 9.88. The van der Waals surface area contributed by atoms with Gasteiger partial charge < -0.3 is 9.64 Å². The molecule has 1 aliphatic carbocycles. The van der Waals surface area contributed by atoms with Gasteiger partial charge in [0.25, 0.3) is 5.91 Å². The predicted octanol–water partition coefficient (Wildman–Crippen LogP) is 3.90. The summed E-state index contributed by atoms with van der Waals surface area (Å²) in [5.41, 5.74) is 5.64. The summed E-state index contributed by atoms with van der Waals surface area (Å²) >= 11 is 0. The van der Waals surface area contributed by atoms with Crippen molar-refractivity contribution in [2.45, 2.75) is 37.6 Å². The van der Waals surface area contributed by atoms with Gasteiger partial charge in [0.05, 0.1) is 12.8 Å². The van der Waals surface area contributed by atoms with Gasteiger partial charge in [0.15, 0.2) is 0 Å². The molecular formula is C22H22N2O2. The van der Waals surface area contributed by atoms with Gasteiger partial charge in [0, 0.05) is 36.7 Å².